The van der Waals surface area contributed by atoms with Gasteiger partial charge in [0.15, 0.2) is 0 Å². The molecule has 1 fully saturated rings. The predicted molar refractivity (Wildman–Crippen MR) is 113 cm³/mol. The number of piperazine rings is 1. The molecule has 0 bridgehead atoms. The molecule has 1 aromatic carbocycles. The molecule has 0 amide bonds. The lowest BCUT2D eigenvalue weighted by Gasteiger charge is -2.32. The largest absolute Gasteiger partial charge is 0.343 e. The van der Waals surface area contributed by atoms with Gasteiger partial charge in [-0.2, -0.15) is 0 Å². The number of hydrogen-bond acceptors (Lipinski definition) is 3. The van der Waals surface area contributed by atoms with Gasteiger partial charge in [-0.15, -0.1) is 0 Å². The molecule has 0 spiro atoms. The summed E-state index contributed by atoms with van der Waals surface area (Å²) in [6.07, 6.45) is 6.52. The van der Waals surface area contributed by atoms with Crippen LogP contribution >= 0.6 is 11.6 Å². The van der Waals surface area contributed by atoms with Crippen LogP contribution in [0.4, 0.5) is 0 Å². The van der Waals surface area contributed by atoms with E-state index in [1.807, 2.05) is 12.3 Å². The summed E-state index contributed by atoms with van der Waals surface area (Å²) in [6, 6.07) is 12.6. The molecule has 0 N–H and O–H groups in total. The molecule has 1 saturated heterocycles. The second-order valence-electron chi connectivity index (χ2n) is 7.54. The molecular formula is C22H27ClN4. The highest BCUT2D eigenvalue weighted by Gasteiger charge is 2.14. The lowest BCUT2D eigenvalue weighted by molar-refractivity contribution is 0.153. The standard InChI is InChI=1S/C22H27ClN4/c1-25-11-13-26(14-12-25)10-4-5-19-17-27(21-7-3-2-6-20(19)21)16-18-8-9-22(23)24-15-18/h2-3,6-9,15,17H,4-5,10-14,16H2,1H3. The first-order valence-corrected chi connectivity index (χ1v) is 10.1. The van der Waals surface area contributed by atoms with Crippen LogP contribution in [0.15, 0.2) is 48.8 Å². The molecule has 4 rings (SSSR count). The van der Waals surface area contributed by atoms with Crippen molar-refractivity contribution in [1.29, 1.82) is 0 Å². The Morgan fingerprint density at radius 2 is 1.85 bits per heavy atom. The molecule has 27 heavy (non-hydrogen) atoms. The second kappa shape index (κ2) is 8.42. The number of benzene rings is 1. The first-order chi connectivity index (χ1) is 13.2. The normalized spacial score (nSPS) is 16.2. The molecule has 0 aliphatic carbocycles. The molecule has 0 unspecified atom stereocenters. The van der Waals surface area contributed by atoms with Gasteiger partial charge < -0.3 is 14.4 Å². The van der Waals surface area contributed by atoms with Crippen molar-refractivity contribution in [3.63, 3.8) is 0 Å². The minimum Gasteiger partial charge on any atom is -0.343 e. The van der Waals surface area contributed by atoms with Crippen LogP contribution < -0.4 is 0 Å². The Morgan fingerprint density at radius 1 is 1.04 bits per heavy atom. The average Bonchev–Trinajstić information content (AvgIpc) is 3.03. The van der Waals surface area contributed by atoms with Gasteiger partial charge in [0.2, 0.25) is 0 Å². The Balaban J connectivity index is 1.45. The highest BCUT2D eigenvalue weighted by Crippen LogP contribution is 2.24. The zero-order chi connectivity index (χ0) is 18.6. The molecule has 0 saturated carbocycles. The number of para-hydroxylation sites is 1. The fraction of sp³-hybridized carbons (Fsp3) is 0.409. The van der Waals surface area contributed by atoms with Crippen LogP contribution in [0, 0.1) is 0 Å². The highest BCUT2D eigenvalue weighted by molar-refractivity contribution is 6.29. The molecule has 1 aliphatic rings. The third-order valence-electron chi connectivity index (χ3n) is 5.53. The van der Waals surface area contributed by atoms with Gasteiger partial charge in [0.1, 0.15) is 5.15 Å². The van der Waals surface area contributed by atoms with Crippen LogP contribution in [0.5, 0.6) is 0 Å². The number of aryl methyl sites for hydroxylation is 1. The number of rotatable bonds is 6. The van der Waals surface area contributed by atoms with Crippen molar-refractivity contribution in [2.75, 3.05) is 39.8 Å². The lowest BCUT2D eigenvalue weighted by atomic mass is 10.1. The van der Waals surface area contributed by atoms with Crippen molar-refractivity contribution in [2.24, 2.45) is 0 Å². The molecule has 4 nitrogen and oxygen atoms in total. The van der Waals surface area contributed by atoms with Crippen molar-refractivity contribution < 1.29 is 0 Å². The Labute approximate surface area is 166 Å². The second-order valence-corrected chi connectivity index (χ2v) is 7.92. The van der Waals surface area contributed by atoms with E-state index in [1.165, 1.54) is 61.2 Å². The van der Waals surface area contributed by atoms with Gasteiger partial charge in [0, 0.05) is 56.0 Å². The molecule has 3 heterocycles. The van der Waals surface area contributed by atoms with Gasteiger partial charge in [-0.25, -0.2) is 4.98 Å². The molecule has 0 radical (unpaired) electrons. The summed E-state index contributed by atoms with van der Waals surface area (Å²) in [5, 5.41) is 1.92. The Hall–Kier alpha value is -1.88. The van der Waals surface area contributed by atoms with Gasteiger partial charge in [0.05, 0.1) is 0 Å². The number of pyridine rings is 1. The summed E-state index contributed by atoms with van der Waals surface area (Å²) in [7, 11) is 2.21. The van der Waals surface area contributed by atoms with E-state index in [1.54, 1.807) is 0 Å². The van der Waals surface area contributed by atoms with Crippen molar-refractivity contribution in [3.8, 4) is 0 Å². The van der Waals surface area contributed by atoms with Crippen molar-refractivity contribution in [3.05, 3.63) is 65.1 Å². The summed E-state index contributed by atoms with van der Waals surface area (Å²) in [4.78, 5) is 9.22. The maximum Gasteiger partial charge on any atom is 0.129 e. The number of likely N-dealkylation sites (N-methyl/N-ethyl adjacent to an activating group) is 1. The minimum absolute atomic E-state index is 0.542. The van der Waals surface area contributed by atoms with E-state index in [-0.39, 0.29) is 0 Å². The number of aromatic nitrogens is 2. The molecule has 1 aliphatic heterocycles. The van der Waals surface area contributed by atoms with Crippen LogP contribution in [0.1, 0.15) is 17.5 Å². The monoisotopic (exact) mass is 382 g/mol. The maximum absolute atomic E-state index is 5.92. The van der Waals surface area contributed by atoms with Crippen molar-refractivity contribution >= 4 is 22.5 Å². The smallest absolute Gasteiger partial charge is 0.129 e. The molecule has 2 aromatic heterocycles. The van der Waals surface area contributed by atoms with E-state index in [9.17, 15) is 0 Å². The summed E-state index contributed by atoms with van der Waals surface area (Å²) in [5.41, 5.74) is 3.91. The van der Waals surface area contributed by atoms with Crippen LogP contribution in [-0.2, 0) is 13.0 Å². The SMILES string of the molecule is CN1CCN(CCCc2cn(Cc3ccc(Cl)nc3)c3ccccc23)CC1. The first-order valence-electron chi connectivity index (χ1n) is 9.77. The van der Waals surface area contributed by atoms with Crippen LogP contribution in [0.25, 0.3) is 10.9 Å². The number of fused-ring (bicyclic) bond motifs is 1. The van der Waals surface area contributed by atoms with Gasteiger partial charge in [-0.1, -0.05) is 35.9 Å². The minimum atomic E-state index is 0.542. The molecule has 142 valence electrons. The Kier molecular flexibility index (Phi) is 5.77. The van der Waals surface area contributed by atoms with Crippen LogP contribution in [0.2, 0.25) is 5.15 Å². The zero-order valence-electron chi connectivity index (χ0n) is 15.9. The first kappa shape index (κ1) is 18.5. The molecule has 0 atom stereocenters. The van der Waals surface area contributed by atoms with E-state index in [2.05, 4.69) is 62.9 Å². The highest BCUT2D eigenvalue weighted by atomic mass is 35.5. The van der Waals surface area contributed by atoms with E-state index in [0.717, 1.165) is 13.0 Å². The number of hydrogen-bond donors (Lipinski definition) is 0. The van der Waals surface area contributed by atoms with E-state index >= 15 is 0 Å². The molecule has 3 aromatic rings. The summed E-state index contributed by atoms with van der Waals surface area (Å²) in [6.45, 7) is 6.78. The Bertz CT molecular complexity index is 879. The average molecular weight is 383 g/mol. The number of halogens is 1. The van der Waals surface area contributed by atoms with Gasteiger partial charge in [-0.05, 0) is 49.7 Å². The van der Waals surface area contributed by atoms with Crippen molar-refractivity contribution in [2.45, 2.75) is 19.4 Å². The fourth-order valence-corrected chi connectivity index (χ4v) is 4.03. The third kappa shape index (κ3) is 4.52. The zero-order valence-corrected chi connectivity index (χ0v) is 16.7. The molecule has 5 heteroatoms. The van der Waals surface area contributed by atoms with E-state index in [4.69, 9.17) is 11.6 Å². The maximum atomic E-state index is 5.92. The fourth-order valence-electron chi connectivity index (χ4n) is 3.91. The lowest BCUT2D eigenvalue weighted by Crippen LogP contribution is -2.44. The third-order valence-corrected chi connectivity index (χ3v) is 5.75. The summed E-state index contributed by atoms with van der Waals surface area (Å²) >= 11 is 5.92. The number of nitrogens with zero attached hydrogens (tertiary/aromatic N) is 4. The Morgan fingerprint density at radius 3 is 2.63 bits per heavy atom. The van der Waals surface area contributed by atoms with E-state index in [0.29, 0.717) is 5.15 Å². The van der Waals surface area contributed by atoms with Crippen LogP contribution in [-0.4, -0.2) is 59.1 Å². The van der Waals surface area contributed by atoms with E-state index < -0.39 is 0 Å². The van der Waals surface area contributed by atoms with Crippen LogP contribution in [0.3, 0.4) is 0 Å². The van der Waals surface area contributed by atoms with Gasteiger partial charge in [-0.3, -0.25) is 0 Å². The summed E-state index contributed by atoms with van der Waals surface area (Å²) < 4.78 is 2.34. The predicted octanol–water partition coefficient (Wildman–Crippen LogP) is 3.92. The topological polar surface area (TPSA) is 24.3 Å². The van der Waals surface area contributed by atoms with Gasteiger partial charge >= 0.3 is 0 Å². The molecular weight excluding hydrogens is 356 g/mol. The quantitative estimate of drug-likeness (QED) is 0.604. The summed E-state index contributed by atoms with van der Waals surface area (Å²) in [5.74, 6) is 0. The van der Waals surface area contributed by atoms with Gasteiger partial charge in [0.25, 0.3) is 0 Å². The van der Waals surface area contributed by atoms with Crippen molar-refractivity contribution in [1.82, 2.24) is 19.4 Å².